The third-order valence-corrected chi connectivity index (χ3v) is 7.45. The van der Waals surface area contributed by atoms with Crippen LogP contribution in [-0.2, 0) is 9.53 Å². The summed E-state index contributed by atoms with van der Waals surface area (Å²) < 4.78 is 5.34. The number of hydrogen-bond acceptors (Lipinski definition) is 3. The van der Waals surface area contributed by atoms with E-state index in [2.05, 4.69) is 6.92 Å². The molecule has 0 radical (unpaired) electrons. The summed E-state index contributed by atoms with van der Waals surface area (Å²) >= 11 is 0. The van der Waals surface area contributed by atoms with Crippen molar-refractivity contribution in [2.24, 2.45) is 59.0 Å². The highest BCUT2D eigenvalue weighted by Gasteiger charge is 2.71. The van der Waals surface area contributed by atoms with Gasteiger partial charge in [0.2, 0.25) is 0 Å². The molecule has 10 unspecified atom stereocenters. The second-order valence-corrected chi connectivity index (χ2v) is 7.54. The van der Waals surface area contributed by atoms with Crippen LogP contribution in [-0.4, -0.2) is 18.6 Å². The second-order valence-electron chi connectivity index (χ2n) is 7.54. The number of carbonyl (C=O) groups excluding carboxylic acids is 1. The zero-order valence-electron chi connectivity index (χ0n) is 10.8. The molecule has 1 saturated heterocycles. The molecule has 2 N–H and O–H groups in total. The summed E-state index contributed by atoms with van der Waals surface area (Å²) in [4.78, 5) is 11.9. The van der Waals surface area contributed by atoms with Crippen molar-refractivity contribution >= 4 is 5.97 Å². The van der Waals surface area contributed by atoms with Gasteiger partial charge in [0.15, 0.2) is 0 Å². The van der Waals surface area contributed by atoms with Crippen molar-refractivity contribution in [2.45, 2.75) is 25.8 Å². The van der Waals surface area contributed by atoms with Gasteiger partial charge in [-0.1, -0.05) is 6.92 Å². The molecule has 4 saturated carbocycles. The number of esters is 1. The third-order valence-electron chi connectivity index (χ3n) is 7.45. The molecule has 0 amide bonds. The summed E-state index contributed by atoms with van der Waals surface area (Å²) in [6.45, 7) is 3.04. The van der Waals surface area contributed by atoms with Crippen LogP contribution >= 0.6 is 0 Å². The normalized spacial score (nSPS) is 67.3. The Kier molecular flexibility index (Phi) is 1.68. The molecule has 0 spiro atoms. The molecule has 4 bridgehead atoms. The minimum atomic E-state index is 0.116. The monoisotopic (exact) mass is 247 g/mol. The maximum atomic E-state index is 11.9. The lowest BCUT2D eigenvalue weighted by Gasteiger charge is -2.43. The van der Waals surface area contributed by atoms with Crippen LogP contribution in [0.25, 0.3) is 0 Å². The van der Waals surface area contributed by atoms with Gasteiger partial charge in [-0.3, -0.25) is 4.79 Å². The van der Waals surface area contributed by atoms with Gasteiger partial charge >= 0.3 is 5.97 Å². The van der Waals surface area contributed by atoms with Crippen molar-refractivity contribution in [2.75, 3.05) is 6.61 Å². The molecule has 98 valence electrons. The highest BCUT2D eigenvalue weighted by molar-refractivity contribution is 5.76. The Morgan fingerprint density at radius 2 is 1.78 bits per heavy atom. The van der Waals surface area contributed by atoms with E-state index in [1.807, 2.05) is 0 Å². The van der Waals surface area contributed by atoms with E-state index < -0.39 is 0 Å². The molecule has 5 fully saturated rings. The predicted octanol–water partition coefficient (Wildman–Crippen LogP) is 1.27. The Morgan fingerprint density at radius 3 is 2.61 bits per heavy atom. The van der Waals surface area contributed by atoms with E-state index in [1.165, 1.54) is 12.8 Å². The van der Waals surface area contributed by atoms with Crippen LogP contribution in [0.1, 0.15) is 19.8 Å². The summed E-state index contributed by atoms with van der Waals surface area (Å²) in [5, 5.41) is 0. The highest BCUT2D eigenvalue weighted by Crippen LogP contribution is 2.71. The van der Waals surface area contributed by atoms with E-state index in [-0.39, 0.29) is 11.9 Å². The summed E-state index contributed by atoms with van der Waals surface area (Å²) in [6, 6.07) is 0.423. The molecule has 0 aromatic heterocycles. The van der Waals surface area contributed by atoms with Crippen LogP contribution in [0.3, 0.4) is 0 Å². The van der Waals surface area contributed by atoms with Crippen LogP contribution in [0.2, 0.25) is 0 Å². The van der Waals surface area contributed by atoms with E-state index in [0.717, 1.165) is 29.6 Å². The van der Waals surface area contributed by atoms with Crippen molar-refractivity contribution in [1.29, 1.82) is 0 Å². The molecule has 5 aliphatic rings. The predicted molar refractivity (Wildman–Crippen MR) is 65.3 cm³/mol. The Balaban J connectivity index is 1.57. The second kappa shape index (κ2) is 2.95. The molecule has 4 aliphatic carbocycles. The fraction of sp³-hybridized carbons (Fsp3) is 0.933. The van der Waals surface area contributed by atoms with Gasteiger partial charge in [0.25, 0.3) is 0 Å². The number of fused-ring (bicyclic) bond motifs is 12. The average Bonchev–Trinajstić information content (AvgIpc) is 3.06. The number of hydrogen-bond donors (Lipinski definition) is 1. The molecule has 5 rings (SSSR count). The van der Waals surface area contributed by atoms with Crippen molar-refractivity contribution < 1.29 is 9.53 Å². The van der Waals surface area contributed by atoms with E-state index in [4.69, 9.17) is 10.5 Å². The van der Waals surface area contributed by atoms with E-state index in [1.54, 1.807) is 0 Å². The quantitative estimate of drug-likeness (QED) is 0.518. The minimum Gasteiger partial charge on any atom is -0.465 e. The fourth-order valence-corrected chi connectivity index (χ4v) is 6.97. The Hall–Kier alpha value is -0.570. The molecular weight excluding hydrogens is 226 g/mol. The first kappa shape index (κ1) is 10.2. The summed E-state index contributed by atoms with van der Waals surface area (Å²) in [5.41, 5.74) is 6.42. The van der Waals surface area contributed by atoms with Gasteiger partial charge in [-0.15, -0.1) is 0 Å². The lowest BCUT2D eigenvalue weighted by molar-refractivity contribution is -0.143. The van der Waals surface area contributed by atoms with E-state index >= 15 is 0 Å². The first-order chi connectivity index (χ1) is 8.68. The molecule has 1 heterocycles. The van der Waals surface area contributed by atoms with Crippen LogP contribution in [0.4, 0.5) is 0 Å². The number of ether oxygens (including phenoxy) is 1. The molecule has 0 aromatic rings. The molecular formula is C15H21NO2. The maximum absolute atomic E-state index is 11.9. The molecule has 10 atom stereocenters. The Labute approximate surface area is 107 Å². The topological polar surface area (TPSA) is 52.3 Å². The zero-order chi connectivity index (χ0) is 12.2. The lowest BCUT2D eigenvalue weighted by Crippen LogP contribution is -2.48. The van der Waals surface area contributed by atoms with Crippen molar-refractivity contribution in [3.8, 4) is 0 Å². The fourth-order valence-electron chi connectivity index (χ4n) is 6.97. The zero-order valence-corrected chi connectivity index (χ0v) is 10.8. The molecule has 0 aromatic carbocycles. The maximum Gasteiger partial charge on any atom is 0.309 e. The van der Waals surface area contributed by atoms with Gasteiger partial charge in [0, 0.05) is 12.0 Å². The smallest absolute Gasteiger partial charge is 0.309 e. The summed E-state index contributed by atoms with van der Waals surface area (Å²) in [5.74, 6) is 6.20. The van der Waals surface area contributed by atoms with Gasteiger partial charge in [-0.05, 0) is 54.3 Å². The van der Waals surface area contributed by atoms with Gasteiger partial charge in [0.1, 0.15) is 0 Å². The largest absolute Gasteiger partial charge is 0.465 e. The molecule has 1 aliphatic heterocycles. The number of cyclic esters (lactones) is 1. The van der Waals surface area contributed by atoms with Gasteiger partial charge < -0.3 is 10.5 Å². The van der Waals surface area contributed by atoms with E-state index in [0.29, 0.717) is 30.4 Å². The van der Waals surface area contributed by atoms with Crippen LogP contribution < -0.4 is 5.73 Å². The van der Waals surface area contributed by atoms with E-state index in [9.17, 15) is 4.79 Å². The van der Waals surface area contributed by atoms with Gasteiger partial charge in [-0.25, -0.2) is 0 Å². The third kappa shape index (κ3) is 0.880. The van der Waals surface area contributed by atoms with Gasteiger partial charge in [0.05, 0.1) is 12.5 Å². The van der Waals surface area contributed by atoms with Crippen LogP contribution in [0.15, 0.2) is 0 Å². The number of rotatable bonds is 0. The minimum absolute atomic E-state index is 0.116. The highest BCUT2D eigenvalue weighted by atomic mass is 16.5. The van der Waals surface area contributed by atoms with Crippen LogP contribution in [0.5, 0.6) is 0 Å². The van der Waals surface area contributed by atoms with Crippen LogP contribution in [0, 0.1) is 53.3 Å². The molecule has 3 nitrogen and oxygen atoms in total. The Bertz CT molecular complexity index is 436. The first-order valence-corrected chi connectivity index (χ1v) is 7.60. The molecule has 3 heteroatoms. The number of nitrogens with two attached hydrogens (primary N) is 1. The number of carbonyl (C=O) groups is 1. The first-order valence-electron chi connectivity index (χ1n) is 7.60. The Morgan fingerprint density at radius 1 is 1.06 bits per heavy atom. The van der Waals surface area contributed by atoms with Gasteiger partial charge in [-0.2, -0.15) is 0 Å². The van der Waals surface area contributed by atoms with Crippen molar-refractivity contribution in [1.82, 2.24) is 0 Å². The SMILES string of the molecule is CC1C(N)C2CC1C1C3CC(C4COC(=O)C43)C21. The average molecular weight is 247 g/mol. The lowest BCUT2D eigenvalue weighted by atomic mass is 9.61. The summed E-state index contributed by atoms with van der Waals surface area (Å²) in [6.07, 6.45) is 2.64. The molecule has 18 heavy (non-hydrogen) atoms. The van der Waals surface area contributed by atoms with Crippen molar-refractivity contribution in [3.05, 3.63) is 0 Å². The summed E-state index contributed by atoms with van der Waals surface area (Å²) in [7, 11) is 0. The van der Waals surface area contributed by atoms with Crippen molar-refractivity contribution in [3.63, 3.8) is 0 Å². The standard InChI is InChI=1S/C15H21NO2/c1-5-6-2-9(14(5)16)12-7-3-8(11(6)12)13-10(7)4-18-15(13)17/h5-14H,2-4,16H2,1H3.